The molecule has 0 saturated carbocycles. The summed E-state index contributed by atoms with van der Waals surface area (Å²) in [5.41, 5.74) is 4.72. The molecule has 0 aliphatic rings. The first-order valence-electron chi connectivity index (χ1n) is 6.30. The van der Waals surface area contributed by atoms with Crippen molar-refractivity contribution in [3.8, 4) is 10.6 Å². The van der Waals surface area contributed by atoms with Gasteiger partial charge in [0.2, 0.25) is 0 Å². The molecule has 2 N–H and O–H groups in total. The number of rotatable bonds is 4. The Bertz CT molecular complexity index is 704. The Kier molecular flexibility index (Phi) is 4.07. The Hall–Kier alpha value is -1.34. The van der Waals surface area contributed by atoms with Gasteiger partial charge in [0.1, 0.15) is 0 Å². The van der Waals surface area contributed by atoms with Crippen LogP contribution in [0.25, 0.3) is 10.6 Å². The molecule has 0 atom stereocenters. The second-order valence-electron chi connectivity index (χ2n) is 4.56. The van der Waals surface area contributed by atoms with E-state index in [1.165, 1.54) is 25.3 Å². The van der Waals surface area contributed by atoms with Crippen molar-refractivity contribution in [2.24, 2.45) is 0 Å². The van der Waals surface area contributed by atoms with E-state index in [0.29, 0.717) is 0 Å². The minimum Gasteiger partial charge on any atom is -0.381 e. The predicted molar refractivity (Wildman–Crippen MR) is 93.1 cm³/mol. The topological polar surface area (TPSA) is 40.7 Å². The van der Waals surface area contributed by atoms with Crippen LogP contribution in [0.2, 0.25) is 0 Å². The Balaban J connectivity index is 1.78. The van der Waals surface area contributed by atoms with Gasteiger partial charge in [-0.1, -0.05) is 6.07 Å². The highest BCUT2D eigenvalue weighted by Gasteiger charge is 2.08. The third-order valence-electron chi connectivity index (χ3n) is 3.14. The number of thiophene rings is 1. The van der Waals surface area contributed by atoms with Crippen LogP contribution in [-0.2, 0) is 6.54 Å². The lowest BCUT2D eigenvalue weighted by Gasteiger charge is -2.09. The van der Waals surface area contributed by atoms with Crippen molar-refractivity contribution >= 4 is 39.6 Å². The van der Waals surface area contributed by atoms with Crippen LogP contribution < -0.4 is 5.32 Å². The van der Waals surface area contributed by atoms with E-state index in [1.54, 1.807) is 11.3 Å². The van der Waals surface area contributed by atoms with E-state index < -0.39 is 0 Å². The minimum atomic E-state index is 0.769. The molecule has 2 aromatic heterocycles. The molecule has 0 saturated heterocycles. The molecule has 0 unspecified atom stereocenters. The number of nitrogens with one attached hydrogen (secondary N) is 2. The zero-order chi connectivity index (χ0) is 13.9. The number of aryl methyl sites for hydroxylation is 1. The van der Waals surface area contributed by atoms with Crippen LogP contribution in [0, 0.1) is 10.5 Å². The van der Waals surface area contributed by atoms with Gasteiger partial charge in [0.25, 0.3) is 0 Å². The molecule has 0 fully saturated rings. The fraction of sp³-hybridized carbons (Fsp3) is 0.133. The third-order valence-corrected chi connectivity index (χ3v) is 4.70. The zero-order valence-corrected chi connectivity index (χ0v) is 14.0. The highest BCUT2D eigenvalue weighted by Crippen LogP contribution is 2.26. The number of nitrogens with zero attached hydrogens (tertiary/aromatic N) is 1. The molecule has 20 heavy (non-hydrogen) atoms. The van der Waals surface area contributed by atoms with Gasteiger partial charge >= 0.3 is 0 Å². The van der Waals surface area contributed by atoms with Crippen molar-refractivity contribution < 1.29 is 0 Å². The standard InChI is InChI=1S/C15H14IN3S/c1-10-7-12(16)4-5-13(10)17-8-11-9-18-19-15(11)14-3-2-6-20-14/h2-7,9,17H,8H2,1H3,(H,18,19). The van der Waals surface area contributed by atoms with Gasteiger partial charge in [-0.15, -0.1) is 11.3 Å². The molecule has 0 aliphatic heterocycles. The second kappa shape index (κ2) is 5.97. The average Bonchev–Trinajstić information content (AvgIpc) is 3.08. The fourth-order valence-corrected chi connectivity index (χ4v) is 3.50. The maximum atomic E-state index is 4.17. The molecule has 3 rings (SSSR count). The van der Waals surface area contributed by atoms with Crippen LogP contribution in [0.1, 0.15) is 11.1 Å². The van der Waals surface area contributed by atoms with Gasteiger partial charge in [0, 0.05) is 21.4 Å². The summed E-state index contributed by atoms with van der Waals surface area (Å²) in [4.78, 5) is 1.22. The summed E-state index contributed by atoms with van der Waals surface area (Å²) in [5, 5.41) is 12.8. The minimum absolute atomic E-state index is 0.769. The van der Waals surface area contributed by atoms with Gasteiger partial charge < -0.3 is 5.32 Å². The van der Waals surface area contributed by atoms with Gasteiger partial charge in [-0.2, -0.15) is 5.10 Å². The highest BCUT2D eigenvalue weighted by atomic mass is 127. The summed E-state index contributed by atoms with van der Waals surface area (Å²) >= 11 is 4.05. The van der Waals surface area contributed by atoms with Crippen molar-refractivity contribution in [1.82, 2.24) is 10.2 Å². The van der Waals surface area contributed by atoms with Gasteiger partial charge in [-0.05, 0) is 64.7 Å². The van der Waals surface area contributed by atoms with E-state index in [-0.39, 0.29) is 0 Å². The quantitative estimate of drug-likeness (QED) is 0.631. The number of aromatic amines is 1. The van der Waals surface area contributed by atoms with Crippen LogP contribution in [0.3, 0.4) is 0 Å². The van der Waals surface area contributed by atoms with Crippen LogP contribution in [0.4, 0.5) is 5.69 Å². The van der Waals surface area contributed by atoms with Crippen molar-refractivity contribution in [2.75, 3.05) is 5.32 Å². The van der Waals surface area contributed by atoms with Gasteiger partial charge in [-0.25, -0.2) is 0 Å². The monoisotopic (exact) mass is 395 g/mol. The lowest BCUT2D eigenvalue weighted by atomic mass is 10.2. The summed E-state index contributed by atoms with van der Waals surface area (Å²) in [6.07, 6.45) is 1.89. The summed E-state index contributed by atoms with van der Waals surface area (Å²) < 4.78 is 1.26. The molecule has 1 aromatic carbocycles. The second-order valence-corrected chi connectivity index (χ2v) is 6.75. The lowest BCUT2D eigenvalue weighted by molar-refractivity contribution is 1.10. The Labute approximate surface area is 135 Å². The Morgan fingerprint density at radius 3 is 3.00 bits per heavy atom. The van der Waals surface area contributed by atoms with Crippen LogP contribution in [0.5, 0.6) is 0 Å². The van der Waals surface area contributed by atoms with Crippen molar-refractivity contribution in [2.45, 2.75) is 13.5 Å². The molecule has 0 amide bonds. The summed E-state index contributed by atoms with van der Waals surface area (Å²) in [6.45, 7) is 2.89. The maximum Gasteiger partial charge on any atom is 0.0799 e. The smallest absolute Gasteiger partial charge is 0.0799 e. The zero-order valence-electron chi connectivity index (χ0n) is 11.0. The molecular formula is C15H14IN3S. The number of hydrogen-bond donors (Lipinski definition) is 2. The molecular weight excluding hydrogens is 381 g/mol. The predicted octanol–water partition coefficient (Wildman–Crippen LogP) is 4.66. The van der Waals surface area contributed by atoms with Crippen molar-refractivity contribution in [3.63, 3.8) is 0 Å². The third kappa shape index (κ3) is 2.88. The molecule has 0 radical (unpaired) electrons. The molecule has 0 aliphatic carbocycles. The molecule has 2 heterocycles. The van der Waals surface area contributed by atoms with E-state index in [1.807, 2.05) is 6.20 Å². The summed E-state index contributed by atoms with van der Waals surface area (Å²) in [7, 11) is 0. The van der Waals surface area contributed by atoms with Gasteiger partial charge in [0.05, 0.1) is 16.8 Å². The number of aromatic nitrogens is 2. The van der Waals surface area contributed by atoms with E-state index in [0.717, 1.165) is 12.2 Å². The number of anilines is 1. The van der Waals surface area contributed by atoms with E-state index in [9.17, 15) is 0 Å². The Morgan fingerprint density at radius 1 is 1.35 bits per heavy atom. The van der Waals surface area contributed by atoms with Crippen LogP contribution in [-0.4, -0.2) is 10.2 Å². The molecule has 0 bridgehead atoms. The lowest BCUT2D eigenvalue weighted by Crippen LogP contribution is -2.01. The van der Waals surface area contributed by atoms with Gasteiger partial charge in [-0.3, -0.25) is 5.10 Å². The molecule has 5 heteroatoms. The normalized spacial score (nSPS) is 10.7. The first kappa shape index (κ1) is 13.6. The number of halogens is 1. The summed E-state index contributed by atoms with van der Waals surface area (Å²) in [6, 6.07) is 10.6. The van der Waals surface area contributed by atoms with Crippen molar-refractivity contribution in [1.29, 1.82) is 0 Å². The van der Waals surface area contributed by atoms with E-state index in [4.69, 9.17) is 0 Å². The molecule has 102 valence electrons. The number of H-pyrrole nitrogens is 1. The average molecular weight is 395 g/mol. The first-order chi connectivity index (χ1) is 9.74. The molecule has 3 nitrogen and oxygen atoms in total. The van der Waals surface area contributed by atoms with Crippen LogP contribution in [0.15, 0.2) is 41.9 Å². The highest BCUT2D eigenvalue weighted by molar-refractivity contribution is 14.1. The number of benzene rings is 1. The Morgan fingerprint density at radius 2 is 2.25 bits per heavy atom. The number of hydrogen-bond acceptors (Lipinski definition) is 3. The van der Waals surface area contributed by atoms with E-state index in [2.05, 4.69) is 80.7 Å². The SMILES string of the molecule is Cc1cc(I)ccc1NCc1cn[nH]c1-c1cccs1. The summed E-state index contributed by atoms with van der Waals surface area (Å²) in [5.74, 6) is 0. The van der Waals surface area contributed by atoms with Gasteiger partial charge in [0.15, 0.2) is 0 Å². The van der Waals surface area contributed by atoms with Crippen LogP contribution >= 0.6 is 33.9 Å². The maximum absolute atomic E-state index is 4.17. The largest absolute Gasteiger partial charge is 0.381 e. The van der Waals surface area contributed by atoms with Crippen molar-refractivity contribution in [3.05, 3.63) is 56.6 Å². The molecule has 3 aromatic rings. The molecule has 0 spiro atoms. The van der Waals surface area contributed by atoms with E-state index >= 15 is 0 Å². The first-order valence-corrected chi connectivity index (χ1v) is 8.26. The fourth-order valence-electron chi connectivity index (χ4n) is 2.10.